The lowest BCUT2D eigenvalue weighted by Crippen LogP contribution is -2.46. The van der Waals surface area contributed by atoms with Crippen LogP contribution in [0.4, 0.5) is 11.5 Å². The number of nitrogens with one attached hydrogen (secondary N) is 1. The summed E-state index contributed by atoms with van der Waals surface area (Å²) in [4.78, 5) is 21.4. The van der Waals surface area contributed by atoms with Crippen molar-refractivity contribution < 1.29 is 4.79 Å². The monoisotopic (exact) mass is 442 g/mol. The number of anilines is 2. The molecule has 1 aromatic carbocycles. The van der Waals surface area contributed by atoms with Crippen molar-refractivity contribution in [1.29, 1.82) is 0 Å². The first-order valence-electron chi connectivity index (χ1n) is 9.92. The Labute approximate surface area is 184 Å². The number of hydrogen-bond donors (Lipinski definition) is 1. The number of carbonyl (C=O) groups is 1. The Hall–Kier alpha value is -2.55. The Morgan fingerprint density at radius 3 is 2.53 bits per heavy atom. The highest BCUT2D eigenvalue weighted by atomic mass is 35.5. The Morgan fingerprint density at radius 1 is 1.10 bits per heavy atom. The second-order valence-electron chi connectivity index (χ2n) is 7.10. The zero-order chi connectivity index (χ0) is 20.9. The molecule has 4 rings (SSSR count). The number of piperazine rings is 1. The SMILES string of the molecule is CCc1ccc(NC(=O)c2nnc(CN3CCN(c4ccc(Cl)cn4)CC3)s2)cc1. The van der Waals surface area contributed by atoms with Crippen LogP contribution in [-0.2, 0) is 13.0 Å². The Morgan fingerprint density at radius 2 is 1.87 bits per heavy atom. The molecule has 7 nitrogen and oxygen atoms in total. The zero-order valence-corrected chi connectivity index (χ0v) is 18.3. The number of halogens is 1. The van der Waals surface area contributed by atoms with E-state index in [1.54, 1.807) is 6.20 Å². The van der Waals surface area contributed by atoms with Crippen molar-refractivity contribution in [3.63, 3.8) is 0 Å². The van der Waals surface area contributed by atoms with E-state index in [0.717, 1.165) is 49.1 Å². The number of rotatable bonds is 6. The van der Waals surface area contributed by atoms with Crippen molar-refractivity contribution >= 4 is 40.4 Å². The van der Waals surface area contributed by atoms with Crippen molar-refractivity contribution in [2.75, 3.05) is 36.4 Å². The fraction of sp³-hybridized carbons (Fsp3) is 0.333. The van der Waals surface area contributed by atoms with Gasteiger partial charge in [0.15, 0.2) is 0 Å². The summed E-state index contributed by atoms with van der Waals surface area (Å²) < 4.78 is 0. The molecule has 1 N–H and O–H groups in total. The van der Waals surface area contributed by atoms with Crippen LogP contribution in [-0.4, -0.2) is 52.2 Å². The smallest absolute Gasteiger partial charge is 0.286 e. The molecule has 0 atom stereocenters. The van der Waals surface area contributed by atoms with Crippen molar-refractivity contribution in [2.45, 2.75) is 19.9 Å². The molecule has 1 amide bonds. The van der Waals surface area contributed by atoms with Gasteiger partial charge < -0.3 is 10.2 Å². The van der Waals surface area contributed by atoms with Crippen molar-refractivity contribution in [3.05, 3.63) is 63.2 Å². The van der Waals surface area contributed by atoms with Gasteiger partial charge in [-0.1, -0.05) is 42.0 Å². The van der Waals surface area contributed by atoms with E-state index in [1.807, 2.05) is 36.4 Å². The average Bonchev–Trinajstić information content (AvgIpc) is 3.24. The molecule has 3 aromatic rings. The normalized spacial score (nSPS) is 14.7. The fourth-order valence-corrected chi connectivity index (χ4v) is 4.19. The van der Waals surface area contributed by atoms with Crippen molar-refractivity contribution in [1.82, 2.24) is 20.1 Å². The van der Waals surface area contributed by atoms with Gasteiger partial charge in [-0.3, -0.25) is 9.69 Å². The van der Waals surface area contributed by atoms with Gasteiger partial charge in [-0.25, -0.2) is 4.98 Å². The van der Waals surface area contributed by atoms with Gasteiger partial charge in [0.05, 0.1) is 11.6 Å². The summed E-state index contributed by atoms with van der Waals surface area (Å²) in [5, 5.41) is 13.1. The summed E-state index contributed by atoms with van der Waals surface area (Å²) in [6, 6.07) is 11.7. The van der Waals surface area contributed by atoms with Gasteiger partial charge in [0.2, 0.25) is 5.01 Å². The number of benzene rings is 1. The number of hydrogen-bond acceptors (Lipinski definition) is 7. The third kappa shape index (κ3) is 5.13. The highest BCUT2D eigenvalue weighted by Crippen LogP contribution is 2.19. The predicted molar refractivity (Wildman–Crippen MR) is 120 cm³/mol. The summed E-state index contributed by atoms with van der Waals surface area (Å²) >= 11 is 7.26. The predicted octanol–water partition coefficient (Wildman–Crippen LogP) is 3.72. The minimum absolute atomic E-state index is 0.221. The maximum Gasteiger partial charge on any atom is 0.286 e. The summed E-state index contributed by atoms with van der Waals surface area (Å²) in [6.45, 7) is 6.36. The van der Waals surface area contributed by atoms with Crippen LogP contribution < -0.4 is 10.2 Å². The number of pyridine rings is 1. The molecule has 3 heterocycles. The molecule has 2 aromatic heterocycles. The molecule has 1 fully saturated rings. The van der Waals surface area contributed by atoms with E-state index < -0.39 is 0 Å². The quantitative estimate of drug-likeness (QED) is 0.627. The molecule has 9 heteroatoms. The van der Waals surface area contributed by atoms with Gasteiger partial charge in [-0.05, 0) is 36.2 Å². The van der Waals surface area contributed by atoms with E-state index >= 15 is 0 Å². The third-order valence-corrected chi connectivity index (χ3v) is 6.18. The highest BCUT2D eigenvalue weighted by molar-refractivity contribution is 7.13. The van der Waals surface area contributed by atoms with Crippen LogP contribution in [0.5, 0.6) is 0 Å². The number of aromatic nitrogens is 3. The minimum Gasteiger partial charge on any atom is -0.354 e. The van der Waals surface area contributed by atoms with E-state index in [-0.39, 0.29) is 5.91 Å². The maximum atomic E-state index is 12.5. The molecule has 30 heavy (non-hydrogen) atoms. The molecule has 0 saturated carbocycles. The van der Waals surface area contributed by atoms with Gasteiger partial charge in [0.1, 0.15) is 10.8 Å². The summed E-state index contributed by atoms with van der Waals surface area (Å²) in [5.74, 6) is 0.725. The molecule has 0 spiro atoms. The van der Waals surface area contributed by atoms with E-state index in [0.29, 0.717) is 16.6 Å². The Balaban J connectivity index is 1.29. The van der Waals surface area contributed by atoms with Crippen LogP contribution in [0.3, 0.4) is 0 Å². The molecule has 1 aliphatic heterocycles. The standard InChI is InChI=1S/C21H23ClN6OS/c1-2-15-3-6-17(7-4-15)24-20(29)21-26-25-19(30-21)14-27-9-11-28(12-10-27)18-8-5-16(22)13-23-18/h3-8,13H,2,9-12,14H2,1H3,(H,24,29). The van der Waals surface area contributed by atoms with Gasteiger partial charge in [0, 0.05) is 38.1 Å². The summed E-state index contributed by atoms with van der Waals surface area (Å²) in [7, 11) is 0. The van der Waals surface area contributed by atoms with Crippen LogP contribution in [0.2, 0.25) is 5.02 Å². The molecule has 0 unspecified atom stereocenters. The molecular formula is C21H23ClN6OS. The molecule has 0 bridgehead atoms. The van der Waals surface area contributed by atoms with Crippen molar-refractivity contribution in [3.8, 4) is 0 Å². The van der Waals surface area contributed by atoms with Crippen molar-refractivity contribution in [2.24, 2.45) is 0 Å². The summed E-state index contributed by atoms with van der Waals surface area (Å²) in [6.07, 6.45) is 2.65. The average molecular weight is 443 g/mol. The van der Waals surface area contributed by atoms with E-state index in [2.05, 4.69) is 37.2 Å². The minimum atomic E-state index is -0.221. The number of amides is 1. The second-order valence-corrected chi connectivity index (χ2v) is 8.60. The maximum absolute atomic E-state index is 12.5. The molecular weight excluding hydrogens is 420 g/mol. The topological polar surface area (TPSA) is 74.2 Å². The van der Waals surface area contributed by atoms with Gasteiger partial charge >= 0.3 is 0 Å². The molecule has 1 aliphatic rings. The van der Waals surface area contributed by atoms with Crippen LogP contribution in [0, 0.1) is 0 Å². The number of nitrogens with zero attached hydrogens (tertiary/aromatic N) is 5. The van der Waals surface area contributed by atoms with Crippen LogP contribution in [0.1, 0.15) is 27.3 Å². The molecule has 0 radical (unpaired) electrons. The third-order valence-electron chi connectivity index (χ3n) is 5.05. The van der Waals surface area contributed by atoms with Gasteiger partial charge in [-0.2, -0.15) is 0 Å². The highest BCUT2D eigenvalue weighted by Gasteiger charge is 2.20. The number of carbonyl (C=O) groups excluding carboxylic acids is 1. The van der Waals surface area contributed by atoms with Gasteiger partial charge in [-0.15, -0.1) is 10.2 Å². The Kier molecular flexibility index (Phi) is 6.56. The fourth-order valence-electron chi connectivity index (χ4n) is 3.30. The van der Waals surface area contributed by atoms with Crippen LogP contribution in [0.15, 0.2) is 42.6 Å². The number of aryl methyl sites for hydroxylation is 1. The Bertz CT molecular complexity index is 983. The first-order chi connectivity index (χ1) is 14.6. The largest absolute Gasteiger partial charge is 0.354 e. The second kappa shape index (κ2) is 9.51. The lowest BCUT2D eigenvalue weighted by Gasteiger charge is -2.34. The molecule has 156 valence electrons. The van der Waals surface area contributed by atoms with E-state index in [4.69, 9.17) is 11.6 Å². The summed E-state index contributed by atoms with van der Waals surface area (Å²) in [5.41, 5.74) is 2.00. The lowest BCUT2D eigenvalue weighted by molar-refractivity contribution is 0.102. The van der Waals surface area contributed by atoms with Crippen LogP contribution >= 0.6 is 22.9 Å². The first kappa shape index (κ1) is 20.7. The lowest BCUT2D eigenvalue weighted by atomic mass is 10.1. The van der Waals surface area contributed by atoms with Crippen LogP contribution in [0.25, 0.3) is 0 Å². The van der Waals surface area contributed by atoms with E-state index in [1.165, 1.54) is 16.9 Å². The first-order valence-corrected chi connectivity index (χ1v) is 11.1. The van der Waals surface area contributed by atoms with Gasteiger partial charge in [0.25, 0.3) is 5.91 Å². The molecule has 0 aliphatic carbocycles. The molecule has 1 saturated heterocycles. The zero-order valence-electron chi connectivity index (χ0n) is 16.7. The van der Waals surface area contributed by atoms with E-state index in [9.17, 15) is 4.79 Å².